The number of pyridine rings is 1. The van der Waals surface area contributed by atoms with Gasteiger partial charge in [-0.2, -0.15) is 0 Å². The Morgan fingerprint density at radius 1 is 1.29 bits per heavy atom. The molecular weight excluding hydrogens is 262 g/mol. The molecule has 0 aromatic carbocycles. The third-order valence-corrected chi connectivity index (χ3v) is 3.80. The fourth-order valence-electron chi connectivity index (χ4n) is 3.25. The van der Waals surface area contributed by atoms with Gasteiger partial charge in [-0.3, -0.25) is 0 Å². The number of hydrogen-bond donors (Lipinski definition) is 1. The normalized spacial score (nSPS) is 22.1. The molecule has 2 rings (SSSR count). The first-order valence-corrected chi connectivity index (χ1v) is 7.87. The first-order valence-electron chi connectivity index (χ1n) is 7.87. The monoisotopic (exact) mass is 291 g/mol. The van der Waals surface area contributed by atoms with Gasteiger partial charge in [-0.25, -0.2) is 4.98 Å². The van der Waals surface area contributed by atoms with Gasteiger partial charge in [0.2, 0.25) is 0 Å². The van der Waals surface area contributed by atoms with Crippen LogP contribution in [-0.4, -0.2) is 35.8 Å². The molecule has 21 heavy (non-hydrogen) atoms. The van der Waals surface area contributed by atoms with E-state index in [1.165, 1.54) is 5.56 Å². The van der Waals surface area contributed by atoms with Gasteiger partial charge in [0.1, 0.15) is 5.82 Å². The van der Waals surface area contributed by atoms with Gasteiger partial charge in [0.05, 0.1) is 11.2 Å². The highest BCUT2D eigenvalue weighted by Crippen LogP contribution is 2.31. The van der Waals surface area contributed by atoms with Crippen LogP contribution >= 0.6 is 0 Å². The van der Waals surface area contributed by atoms with Crippen LogP contribution in [0.2, 0.25) is 0 Å². The minimum Gasteiger partial charge on any atom is -0.366 e. The largest absolute Gasteiger partial charge is 0.366 e. The van der Waals surface area contributed by atoms with E-state index in [9.17, 15) is 0 Å². The molecule has 1 unspecified atom stereocenters. The summed E-state index contributed by atoms with van der Waals surface area (Å²) in [5, 5.41) is 3.45. The Balaban J connectivity index is 2.23. The molecule has 118 valence electrons. The van der Waals surface area contributed by atoms with E-state index in [1.807, 2.05) is 6.20 Å². The van der Waals surface area contributed by atoms with Crippen molar-refractivity contribution >= 4 is 5.82 Å². The van der Waals surface area contributed by atoms with E-state index in [-0.39, 0.29) is 11.2 Å². The smallest absolute Gasteiger partial charge is 0.128 e. The van der Waals surface area contributed by atoms with Gasteiger partial charge in [-0.05, 0) is 58.9 Å². The molecule has 0 bridgehead atoms. The molecule has 1 aromatic rings. The van der Waals surface area contributed by atoms with E-state index in [0.29, 0.717) is 6.04 Å². The Kier molecular flexibility index (Phi) is 4.59. The topological polar surface area (TPSA) is 37.4 Å². The molecule has 0 amide bonds. The maximum absolute atomic E-state index is 6.15. The number of ether oxygens (including phenoxy) is 1. The summed E-state index contributed by atoms with van der Waals surface area (Å²) in [5.74, 6) is 1.04. The maximum Gasteiger partial charge on any atom is 0.128 e. The molecule has 2 heterocycles. The summed E-state index contributed by atoms with van der Waals surface area (Å²) in [5.41, 5.74) is 0.961. The van der Waals surface area contributed by atoms with Crippen molar-refractivity contribution < 1.29 is 4.74 Å². The lowest BCUT2D eigenvalue weighted by molar-refractivity contribution is -0.133. The van der Waals surface area contributed by atoms with Crippen LogP contribution in [0.1, 0.15) is 53.1 Å². The van der Waals surface area contributed by atoms with Gasteiger partial charge < -0.3 is 15.0 Å². The third kappa shape index (κ3) is 4.17. The predicted octanol–water partition coefficient (Wildman–Crippen LogP) is 3.15. The van der Waals surface area contributed by atoms with Gasteiger partial charge in [0.15, 0.2) is 0 Å². The number of rotatable bonds is 4. The lowest BCUT2D eigenvalue weighted by Crippen LogP contribution is -2.57. The molecule has 1 saturated heterocycles. The van der Waals surface area contributed by atoms with Crippen LogP contribution in [0.3, 0.4) is 0 Å². The standard InChI is InChI=1S/C17H29N3O/c1-7-18-13(2)14-8-9-19-15(10-14)20-11-16(3,4)21-17(5,6)12-20/h8-10,13,18H,7,11-12H2,1-6H3. The summed E-state index contributed by atoms with van der Waals surface area (Å²) in [6.07, 6.45) is 1.91. The van der Waals surface area contributed by atoms with Crippen LogP contribution in [0.5, 0.6) is 0 Å². The van der Waals surface area contributed by atoms with Crippen molar-refractivity contribution in [2.24, 2.45) is 0 Å². The molecule has 1 aliphatic heterocycles. The Bertz CT molecular complexity index is 469. The van der Waals surface area contributed by atoms with E-state index in [4.69, 9.17) is 4.74 Å². The first kappa shape index (κ1) is 16.2. The first-order chi connectivity index (χ1) is 9.72. The Labute approximate surface area is 128 Å². The van der Waals surface area contributed by atoms with Crippen LogP contribution in [-0.2, 0) is 4.74 Å². The van der Waals surface area contributed by atoms with E-state index in [2.05, 4.69) is 68.9 Å². The highest BCUT2D eigenvalue weighted by Gasteiger charge is 2.38. The second-order valence-electron chi connectivity index (χ2n) is 7.20. The molecule has 4 nitrogen and oxygen atoms in total. The van der Waals surface area contributed by atoms with Crippen molar-refractivity contribution in [3.05, 3.63) is 23.9 Å². The Hall–Kier alpha value is -1.13. The zero-order valence-electron chi connectivity index (χ0n) is 14.2. The van der Waals surface area contributed by atoms with Crippen LogP contribution < -0.4 is 10.2 Å². The molecule has 1 atom stereocenters. The predicted molar refractivity (Wildman–Crippen MR) is 87.8 cm³/mol. The summed E-state index contributed by atoms with van der Waals surface area (Å²) in [6, 6.07) is 4.64. The SMILES string of the molecule is CCNC(C)c1ccnc(N2CC(C)(C)OC(C)(C)C2)c1. The van der Waals surface area contributed by atoms with E-state index in [0.717, 1.165) is 25.5 Å². The lowest BCUT2D eigenvalue weighted by Gasteiger charge is -2.47. The van der Waals surface area contributed by atoms with Crippen LogP contribution in [0, 0.1) is 0 Å². The van der Waals surface area contributed by atoms with E-state index < -0.39 is 0 Å². The zero-order valence-corrected chi connectivity index (χ0v) is 14.2. The van der Waals surface area contributed by atoms with Crippen molar-refractivity contribution in [3.8, 4) is 0 Å². The molecule has 0 radical (unpaired) electrons. The molecule has 1 fully saturated rings. The molecule has 1 N–H and O–H groups in total. The Morgan fingerprint density at radius 3 is 2.48 bits per heavy atom. The molecule has 4 heteroatoms. The third-order valence-electron chi connectivity index (χ3n) is 3.80. The molecule has 0 aliphatic carbocycles. The lowest BCUT2D eigenvalue weighted by atomic mass is 9.98. The molecule has 1 aliphatic rings. The summed E-state index contributed by atoms with van der Waals surface area (Å²) in [4.78, 5) is 6.92. The minimum absolute atomic E-state index is 0.160. The fraction of sp³-hybridized carbons (Fsp3) is 0.706. The van der Waals surface area contributed by atoms with Gasteiger partial charge in [-0.15, -0.1) is 0 Å². The zero-order chi connectivity index (χ0) is 15.7. The maximum atomic E-state index is 6.15. The summed E-state index contributed by atoms with van der Waals surface area (Å²) in [6.45, 7) is 15.6. The number of hydrogen-bond acceptors (Lipinski definition) is 4. The van der Waals surface area contributed by atoms with E-state index in [1.54, 1.807) is 0 Å². The number of morpholine rings is 1. The number of nitrogens with zero attached hydrogens (tertiary/aromatic N) is 2. The van der Waals surface area contributed by atoms with Gasteiger partial charge in [-0.1, -0.05) is 6.92 Å². The molecule has 0 spiro atoms. The van der Waals surface area contributed by atoms with Gasteiger partial charge in [0.25, 0.3) is 0 Å². The van der Waals surface area contributed by atoms with Gasteiger partial charge >= 0.3 is 0 Å². The molecule has 0 saturated carbocycles. The average molecular weight is 291 g/mol. The second-order valence-corrected chi connectivity index (χ2v) is 7.20. The van der Waals surface area contributed by atoms with Gasteiger partial charge in [0, 0.05) is 25.3 Å². The second kappa shape index (κ2) is 5.93. The average Bonchev–Trinajstić information content (AvgIpc) is 2.35. The van der Waals surface area contributed by atoms with Crippen LogP contribution in [0.25, 0.3) is 0 Å². The van der Waals surface area contributed by atoms with Crippen LogP contribution in [0.4, 0.5) is 5.82 Å². The highest BCUT2D eigenvalue weighted by atomic mass is 16.5. The number of aromatic nitrogens is 1. The van der Waals surface area contributed by atoms with E-state index >= 15 is 0 Å². The molecular formula is C17H29N3O. The number of nitrogens with one attached hydrogen (secondary N) is 1. The van der Waals surface area contributed by atoms with Crippen molar-refractivity contribution in [2.75, 3.05) is 24.5 Å². The summed E-state index contributed by atoms with van der Waals surface area (Å²) < 4.78 is 6.15. The van der Waals surface area contributed by atoms with Crippen molar-refractivity contribution in [1.29, 1.82) is 0 Å². The van der Waals surface area contributed by atoms with Crippen molar-refractivity contribution in [3.63, 3.8) is 0 Å². The van der Waals surface area contributed by atoms with Crippen LogP contribution in [0.15, 0.2) is 18.3 Å². The Morgan fingerprint density at radius 2 is 1.90 bits per heavy atom. The number of anilines is 1. The van der Waals surface area contributed by atoms with Crippen molar-refractivity contribution in [1.82, 2.24) is 10.3 Å². The fourth-order valence-corrected chi connectivity index (χ4v) is 3.25. The quantitative estimate of drug-likeness (QED) is 0.924. The summed E-state index contributed by atoms with van der Waals surface area (Å²) >= 11 is 0. The molecule has 1 aromatic heterocycles. The minimum atomic E-state index is -0.160. The highest BCUT2D eigenvalue weighted by molar-refractivity contribution is 5.43. The summed E-state index contributed by atoms with van der Waals surface area (Å²) in [7, 11) is 0. The van der Waals surface area contributed by atoms with Crippen molar-refractivity contribution in [2.45, 2.75) is 58.8 Å².